The average Bonchev–Trinajstić information content (AvgIpc) is 2.95. The molecule has 1 amide bonds. The first-order valence-electron chi connectivity index (χ1n) is 8.08. The van der Waals surface area contributed by atoms with Gasteiger partial charge in [0.2, 0.25) is 0 Å². The Morgan fingerprint density at radius 2 is 2.08 bits per heavy atom. The molecule has 0 unspecified atom stereocenters. The van der Waals surface area contributed by atoms with Gasteiger partial charge in [-0.15, -0.1) is 0 Å². The number of hydrogen-bond acceptors (Lipinski definition) is 5. The van der Waals surface area contributed by atoms with Crippen molar-refractivity contribution < 1.29 is 9.21 Å². The van der Waals surface area contributed by atoms with Crippen molar-refractivity contribution in [2.24, 2.45) is 0 Å². The molecule has 0 atom stereocenters. The second-order valence-electron chi connectivity index (χ2n) is 6.26. The fourth-order valence-corrected chi connectivity index (χ4v) is 3.12. The number of rotatable bonds is 2. The number of carbonyl (C=O) groups is 1. The average molecular weight is 335 g/mol. The summed E-state index contributed by atoms with van der Waals surface area (Å²) in [6, 6.07) is 10.4. The number of fused-ring (bicyclic) bond motifs is 2. The van der Waals surface area contributed by atoms with Gasteiger partial charge >= 0.3 is 5.63 Å². The van der Waals surface area contributed by atoms with Gasteiger partial charge < -0.3 is 14.6 Å². The summed E-state index contributed by atoms with van der Waals surface area (Å²) < 4.78 is 5.22. The van der Waals surface area contributed by atoms with Crippen molar-refractivity contribution in [2.45, 2.75) is 13.3 Å². The van der Waals surface area contributed by atoms with Gasteiger partial charge in [0.25, 0.3) is 5.91 Å². The van der Waals surface area contributed by atoms with Crippen molar-refractivity contribution >= 4 is 28.4 Å². The van der Waals surface area contributed by atoms with Crippen molar-refractivity contribution in [1.29, 1.82) is 0 Å². The predicted octanol–water partition coefficient (Wildman–Crippen LogP) is 2.74. The molecule has 0 saturated heterocycles. The standard InChI is InChI=1S/C19H17N3O3/c1-11-9-17(23)25-16-10-13(4-5-14(11)16)20-19(24)15-6-3-12-7-8-22(2)18(12)21-15/h3-6,9-10H,7-8H2,1-2H3,(H,20,24). The molecule has 4 rings (SSSR count). The number of pyridine rings is 1. The van der Waals surface area contributed by atoms with E-state index in [9.17, 15) is 9.59 Å². The van der Waals surface area contributed by atoms with Crippen LogP contribution in [0.4, 0.5) is 11.5 Å². The Morgan fingerprint density at radius 3 is 2.92 bits per heavy atom. The van der Waals surface area contributed by atoms with Crippen LogP contribution in [0.3, 0.4) is 0 Å². The lowest BCUT2D eigenvalue weighted by atomic mass is 10.1. The summed E-state index contributed by atoms with van der Waals surface area (Å²) in [6.07, 6.45) is 0.948. The summed E-state index contributed by atoms with van der Waals surface area (Å²) in [4.78, 5) is 30.5. The molecule has 1 N–H and O–H groups in total. The lowest BCUT2D eigenvalue weighted by molar-refractivity contribution is 0.102. The van der Waals surface area contributed by atoms with Gasteiger partial charge in [-0.25, -0.2) is 9.78 Å². The number of anilines is 2. The third-order valence-corrected chi connectivity index (χ3v) is 4.48. The Bertz CT molecular complexity index is 1060. The van der Waals surface area contributed by atoms with E-state index in [0.717, 1.165) is 35.3 Å². The lowest BCUT2D eigenvalue weighted by Gasteiger charge is -2.12. The molecule has 126 valence electrons. The van der Waals surface area contributed by atoms with Gasteiger partial charge in [-0.05, 0) is 42.7 Å². The van der Waals surface area contributed by atoms with Gasteiger partial charge in [0.1, 0.15) is 17.1 Å². The van der Waals surface area contributed by atoms with E-state index in [-0.39, 0.29) is 5.91 Å². The second kappa shape index (κ2) is 5.73. The van der Waals surface area contributed by atoms with E-state index in [1.165, 1.54) is 6.07 Å². The van der Waals surface area contributed by atoms with E-state index in [4.69, 9.17) is 4.42 Å². The molecule has 0 saturated carbocycles. The smallest absolute Gasteiger partial charge is 0.336 e. The van der Waals surface area contributed by atoms with Crippen LogP contribution in [0.1, 0.15) is 21.6 Å². The Balaban J connectivity index is 1.64. The van der Waals surface area contributed by atoms with Crippen molar-refractivity contribution in [1.82, 2.24) is 4.98 Å². The lowest BCUT2D eigenvalue weighted by Crippen LogP contribution is -2.17. The molecule has 6 nitrogen and oxygen atoms in total. The Kier molecular flexibility index (Phi) is 3.53. The molecule has 3 heterocycles. The molecule has 0 fully saturated rings. The van der Waals surface area contributed by atoms with Crippen molar-refractivity contribution in [2.75, 3.05) is 23.8 Å². The van der Waals surface area contributed by atoms with Crippen LogP contribution in [0.25, 0.3) is 11.0 Å². The van der Waals surface area contributed by atoms with Crippen LogP contribution in [0.5, 0.6) is 0 Å². The number of amides is 1. The fraction of sp³-hybridized carbons (Fsp3) is 0.211. The van der Waals surface area contributed by atoms with E-state index >= 15 is 0 Å². The minimum atomic E-state index is -0.406. The van der Waals surface area contributed by atoms with Crippen LogP contribution in [0.2, 0.25) is 0 Å². The summed E-state index contributed by atoms with van der Waals surface area (Å²) >= 11 is 0. The minimum Gasteiger partial charge on any atom is -0.423 e. The molecule has 0 radical (unpaired) electrons. The molecular formula is C19H17N3O3. The number of hydrogen-bond donors (Lipinski definition) is 1. The number of benzene rings is 1. The van der Waals surface area contributed by atoms with E-state index < -0.39 is 5.63 Å². The third kappa shape index (κ3) is 2.76. The molecular weight excluding hydrogens is 318 g/mol. The van der Waals surface area contributed by atoms with Crippen molar-refractivity contribution in [3.63, 3.8) is 0 Å². The summed E-state index contributed by atoms with van der Waals surface area (Å²) in [7, 11) is 1.97. The van der Waals surface area contributed by atoms with E-state index in [0.29, 0.717) is 17.0 Å². The van der Waals surface area contributed by atoms with Crippen LogP contribution in [0, 0.1) is 6.92 Å². The maximum Gasteiger partial charge on any atom is 0.336 e. The number of aromatic nitrogens is 1. The first-order chi connectivity index (χ1) is 12.0. The summed E-state index contributed by atoms with van der Waals surface area (Å²) in [6.45, 7) is 2.76. The molecule has 2 aromatic heterocycles. The predicted molar refractivity (Wildman–Crippen MR) is 96.4 cm³/mol. The first-order valence-corrected chi connectivity index (χ1v) is 8.08. The molecule has 1 aromatic carbocycles. The zero-order chi connectivity index (χ0) is 17.6. The SMILES string of the molecule is Cc1cc(=O)oc2cc(NC(=O)c3ccc4c(n3)N(C)CC4)ccc12. The normalized spacial score (nSPS) is 13.1. The van der Waals surface area contributed by atoms with Gasteiger partial charge in [0.15, 0.2) is 0 Å². The van der Waals surface area contributed by atoms with Crippen LogP contribution >= 0.6 is 0 Å². The fourth-order valence-electron chi connectivity index (χ4n) is 3.12. The van der Waals surface area contributed by atoms with Gasteiger partial charge in [-0.3, -0.25) is 4.79 Å². The molecule has 0 aliphatic carbocycles. The van der Waals surface area contributed by atoms with Crippen LogP contribution in [0.15, 0.2) is 45.6 Å². The molecule has 6 heteroatoms. The summed E-state index contributed by atoms with van der Waals surface area (Å²) in [5, 5.41) is 3.66. The topological polar surface area (TPSA) is 75.4 Å². The number of aryl methyl sites for hydroxylation is 1. The number of carbonyl (C=O) groups excluding carboxylic acids is 1. The maximum atomic E-state index is 12.5. The number of nitrogens with one attached hydrogen (secondary N) is 1. The Hall–Kier alpha value is -3.15. The zero-order valence-corrected chi connectivity index (χ0v) is 14.0. The molecule has 1 aliphatic rings. The number of likely N-dealkylation sites (N-methyl/N-ethyl adjacent to an activating group) is 1. The van der Waals surface area contributed by atoms with E-state index in [2.05, 4.69) is 10.3 Å². The van der Waals surface area contributed by atoms with Crippen LogP contribution in [-0.4, -0.2) is 24.5 Å². The summed E-state index contributed by atoms with van der Waals surface area (Å²) in [5.74, 6) is 0.560. The van der Waals surface area contributed by atoms with E-state index in [1.807, 2.05) is 31.0 Å². The molecule has 25 heavy (non-hydrogen) atoms. The molecule has 3 aromatic rings. The van der Waals surface area contributed by atoms with Gasteiger partial charge in [-0.1, -0.05) is 6.07 Å². The van der Waals surface area contributed by atoms with Gasteiger partial charge in [-0.2, -0.15) is 0 Å². The minimum absolute atomic E-state index is 0.294. The highest BCUT2D eigenvalue weighted by Gasteiger charge is 2.19. The molecule has 0 bridgehead atoms. The quantitative estimate of drug-likeness (QED) is 0.729. The Morgan fingerprint density at radius 1 is 1.24 bits per heavy atom. The van der Waals surface area contributed by atoms with Crippen LogP contribution < -0.4 is 15.8 Å². The second-order valence-corrected chi connectivity index (χ2v) is 6.26. The zero-order valence-electron chi connectivity index (χ0n) is 14.0. The highest BCUT2D eigenvalue weighted by Crippen LogP contribution is 2.25. The van der Waals surface area contributed by atoms with Crippen molar-refractivity contribution in [3.05, 3.63) is 63.6 Å². The summed E-state index contributed by atoms with van der Waals surface area (Å²) in [5.41, 5.74) is 2.95. The highest BCUT2D eigenvalue weighted by molar-refractivity contribution is 6.04. The first kappa shape index (κ1) is 15.4. The van der Waals surface area contributed by atoms with Crippen molar-refractivity contribution in [3.8, 4) is 0 Å². The third-order valence-electron chi connectivity index (χ3n) is 4.48. The maximum absolute atomic E-state index is 12.5. The highest BCUT2D eigenvalue weighted by atomic mass is 16.4. The van der Waals surface area contributed by atoms with Gasteiger partial charge in [0.05, 0.1) is 0 Å². The molecule has 0 spiro atoms. The van der Waals surface area contributed by atoms with E-state index in [1.54, 1.807) is 18.2 Å². The monoisotopic (exact) mass is 335 g/mol. The largest absolute Gasteiger partial charge is 0.423 e. The van der Waals surface area contributed by atoms with Gasteiger partial charge in [0, 0.05) is 36.8 Å². The van der Waals surface area contributed by atoms with Crippen LogP contribution in [-0.2, 0) is 6.42 Å². The molecule has 1 aliphatic heterocycles. The Labute approximate surface area is 144 Å². The number of nitrogens with zero attached hydrogens (tertiary/aromatic N) is 2.